The summed E-state index contributed by atoms with van der Waals surface area (Å²) in [7, 11) is -0.867. The first-order chi connectivity index (χ1) is 7.09. The smallest absolute Gasteiger partial charge is 0.251 e. The molecular weight excluding hydrogens is 278 g/mol. The van der Waals surface area contributed by atoms with Crippen molar-refractivity contribution < 1.29 is 9.00 Å². The van der Waals surface area contributed by atoms with Gasteiger partial charge in [-0.2, -0.15) is 0 Å². The minimum Gasteiger partial charge on any atom is -0.351 e. The maximum atomic E-state index is 11.5. The predicted octanol–water partition coefficient (Wildman–Crippen LogP) is 1.56. The topological polar surface area (TPSA) is 46.2 Å². The van der Waals surface area contributed by atoms with Gasteiger partial charge in [-0.25, -0.2) is 0 Å². The third-order valence-corrected chi connectivity index (χ3v) is 3.03. The molecule has 82 valence electrons. The lowest BCUT2D eigenvalue weighted by Gasteiger charge is -2.03. The fourth-order valence-corrected chi connectivity index (χ4v) is 1.83. The summed E-state index contributed by atoms with van der Waals surface area (Å²) in [5.74, 6) is 0.349. The number of halogens is 1. The predicted molar refractivity (Wildman–Crippen MR) is 65.4 cm³/mol. The Bertz CT molecular complexity index is 381. The van der Waals surface area contributed by atoms with Crippen molar-refractivity contribution in [3.8, 4) is 0 Å². The molecule has 1 N–H and O–H groups in total. The van der Waals surface area contributed by atoms with Gasteiger partial charge < -0.3 is 5.32 Å². The molecule has 1 amide bonds. The average molecular weight is 290 g/mol. The summed E-state index contributed by atoms with van der Waals surface area (Å²) in [5.41, 5.74) is 0.603. The summed E-state index contributed by atoms with van der Waals surface area (Å²) in [6.45, 7) is 0.439. The van der Waals surface area contributed by atoms with Crippen molar-refractivity contribution >= 4 is 32.6 Å². The molecule has 0 aliphatic carbocycles. The minimum atomic E-state index is -0.867. The van der Waals surface area contributed by atoms with Crippen LogP contribution in [0.1, 0.15) is 10.4 Å². The van der Waals surface area contributed by atoms with Crippen molar-refractivity contribution in [2.45, 2.75) is 0 Å². The molecule has 0 spiro atoms. The zero-order valence-electron chi connectivity index (χ0n) is 8.33. The molecule has 1 rings (SSSR count). The summed E-state index contributed by atoms with van der Waals surface area (Å²) >= 11 is 3.29. The molecular formula is C10H12BrNO2S. The number of nitrogens with one attached hydrogen (secondary N) is 1. The molecule has 5 heteroatoms. The maximum Gasteiger partial charge on any atom is 0.251 e. The molecule has 0 saturated carbocycles. The van der Waals surface area contributed by atoms with Crippen LogP contribution in [-0.4, -0.2) is 28.7 Å². The number of rotatable bonds is 4. The van der Waals surface area contributed by atoms with Gasteiger partial charge in [-0.05, 0) is 18.2 Å². The van der Waals surface area contributed by atoms with E-state index in [2.05, 4.69) is 21.2 Å². The monoisotopic (exact) mass is 289 g/mol. The van der Waals surface area contributed by atoms with Crippen molar-refractivity contribution in [2.75, 3.05) is 18.6 Å². The van der Waals surface area contributed by atoms with E-state index in [9.17, 15) is 9.00 Å². The summed E-state index contributed by atoms with van der Waals surface area (Å²) in [6.07, 6.45) is 1.62. The van der Waals surface area contributed by atoms with E-state index >= 15 is 0 Å². The third-order valence-electron chi connectivity index (χ3n) is 1.76. The van der Waals surface area contributed by atoms with Crippen molar-refractivity contribution in [2.24, 2.45) is 0 Å². The fraction of sp³-hybridized carbons (Fsp3) is 0.300. The zero-order chi connectivity index (χ0) is 11.3. The highest BCUT2D eigenvalue weighted by molar-refractivity contribution is 9.10. The summed E-state index contributed by atoms with van der Waals surface area (Å²) < 4.78 is 11.6. The van der Waals surface area contributed by atoms with Gasteiger partial charge in [0.15, 0.2) is 0 Å². The standard InChI is InChI=1S/C10H12BrNO2S/c1-15(14)6-5-12-10(13)8-3-2-4-9(11)7-8/h2-4,7H,5-6H2,1H3,(H,12,13). The number of carbonyl (C=O) groups excluding carboxylic acids is 1. The van der Waals surface area contributed by atoms with Crippen LogP contribution in [0.15, 0.2) is 28.7 Å². The highest BCUT2D eigenvalue weighted by Crippen LogP contribution is 2.11. The second kappa shape index (κ2) is 6.02. The zero-order valence-corrected chi connectivity index (χ0v) is 10.7. The Morgan fingerprint density at radius 1 is 1.53 bits per heavy atom. The summed E-state index contributed by atoms with van der Waals surface area (Å²) in [4.78, 5) is 11.5. The van der Waals surface area contributed by atoms with Gasteiger partial charge in [0.1, 0.15) is 0 Å². The van der Waals surface area contributed by atoms with Gasteiger partial charge >= 0.3 is 0 Å². The highest BCUT2D eigenvalue weighted by Gasteiger charge is 2.04. The summed E-state index contributed by atoms with van der Waals surface area (Å²) in [5, 5.41) is 2.70. The SMILES string of the molecule is CS(=O)CCNC(=O)c1cccc(Br)c1. The Morgan fingerprint density at radius 2 is 2.27 bits per heavy atom. The number of hydrogen-bond acceptors (Lipinski definition) is 2. The molecule has 0 aliphatic heterocycles. The second-order valence-electron chi connectivity index (χ2n) is 3.04. The van der Waals surface area contributed by atoms with Crippen LogP contribution in [0.25, 0.3) is 0 Å². The van der Waals surface area contributed by atoms with Crippen LogP contribution in [0.2, 0.25) is 0 Å². The van der Waals surface area contributed by atoms with Gasteiger partial charge in [-0.1, -0.05) is 22.0 Å². The van der Waals surface area contributed by atoms with E-state index in [-0.39, 0.29) is 5.91 Å². The lowest BCUT2D eigenvalue weighted by molar-refractivity contribution is 0.0956. The molecule has 3 nitrogen and oxygen atoms in total. The fourth-order valence-electron chi connectivity index (χ4n) is 1.04. The average Bonchev–Trinajstić information content (AvgIpc) is 2.17. The van der Waals surface area contributed by atoms with E-state index in [1.807, 2.05) is 6.07 Å². The Kier molecular flexibility index (Phi) is 4.98. The first kappa shape index (κ1) is 12.4. The molecule has 0 aromatic heterocycles. The van der Waals surface area contributed by atoms with E-state index in [0.29, 0.717) is 17.9 Å². The van der Waals surface area contributed by atoms with E-state index in [1.54, 1.807) is 24.5 Å². The molecule has 0 radical (unpaired) electrons. The van der Waals surface area contributed by atoms with Gasteiger partial charge in [0.25, 0.3) is 5.91 Å². The Morgan fingerprint density at radius 3 is 2.87 bits per heavy atom. The van der Waals surface area contributed by atoms with Crippen molar-refractivity contribution in [1.82, 2.24) is 5.32 Å². The van der Waals surface area contributed by atoms with Crippen molar-refractivity contribution in [1.29, 1.82) is 0 Å². The van der Waals surface area contributed by atoms with Crippen molar-refractivity contribution in [3.63, 3.8) is 0 Å². The lowest BCUT2D eigenvalue weighted by atomic mass is 10.2. The lowest BCUT2D eigenvalue weighted by Crippen LogP contribution is -2.27. The van der Waals surface area contributed by atoms with Gasteiger partial charge in [-0.3, -0.25) is 9.00 Å². The van der Waals surface area contributed by atoms with Crippen LogP contribution in [0.3, 0.4) is 0 Å². The molecule has 0 bridgehead atoms. The minimum absolute atomic E-state index is 0.137. The molecule has 15 heavy (non-hydrogen) atoms. The van der Waals surface area contributed by atoms with Crippen LogP contribution in [0.5, 0.6) is 0 Å². The van der Waals surface area contributed by atoms with Crippen LogP contribution in [0.4, 0.5) is 0 Å². The number of amides is 1. The molecule has 1 aromatic rings. The Hall–Kier alpha value is -0.680. The van der Waals surface area contributed by atoms with E-state index in [1.165, 1.54) is 0 Å². The van der Waals surface area contributed by atoms with Gasteiger partial charge in [-0.15, -0.1) is 0 Å². The van der Waals surface area contributed by atoms with Crippen LogP contribution >= 0.6 is 15.9 Å². The Labute approximate surface area is 99.8 Å². The first-order valence-electron chi connectivity index (χ1n) is 4.43. The quantitative estimate of drug-likeness (QED) is 0.914. The Balaban J connectivity index is 2.50. The number of carbonyl (C=O) groups is 1. The highest BCUT2D eigenvalue weighted by atomic mass is 79.9. The normalized spacial score (nSPS) is 12.1. The van der Waals surface area contributed by atoms with Gasteiger partial charge in [0, 0.05) is 39.4 Å². The molecule has 0 fully saturated rings. The second-order valence-corrected chi connectivity index (χ2v) is 5.51. The molecule has 1 atom stereocenters. The van der Waals surface area contributed by atoms with Crippen LogP contribution < -0.4 is 5.32 Å². The van der Waals surface area contributed by atoms with Crippen LogP contribution in [0, 0.1) is 0 Å². The molecule has 1 aromatic carbocycles. The molecule has 0 saturated heterocycles. The van der Waals surface area contributed by atoms with Crippen LogP contribution in [-0.2, 0) is 10.8 Å². The molecule has 0 aliphatic rings. The number of benzene rings is 1. The van der Waals surface area contributed by atoms with Gasteiger partial charge in [0.2, 0.25) is 0 Å². The summed E-state index contributed by atoms with van der Waals surface area (Å²) in [6, 6.07) is 7.15. The molecule has 0 heterocycles. The first-order valence-corrected chi connectivity index (χ1v) is 6.95. The maximum absolute atomic E-state index is 11.5. The van der Waals surface area contributed by atoms with Crippen molar-refractivity contribution in [3.05, 3.63) is 34.3 Å². The van der Waals surface area contributed by atoms with E-state index < -0.39 is 10.8 Å². The molecule has 1 unspecified atom stereocenters. The van der Waals surface area contributed by atoms with E-state index in [4.69, 9.17) is 0 Å². The van der Waals surface area contributed by atoms with Gasteiger partial charge in [0.05, 0.1) is 0 Å². The van der Waals surface area contributed by atoms with E-state index in [0.717, 1.165) is 4.47 Å². The number of hydrogen-bond donors (Lipinski definition) is 1. The third kappa shape index (κ3) is 4.57. The largest absolute Gasteiger partial charge is 0.351 e.